The van der Waals surface area contributed by atoms with Crippen molar-refractivity contribution in [3.8, 4) is 0 Å². The highest BCUT2D eigenvalue weighted by Gasteiger charge is 2.06. The fourth-order valence-corrected chi connectivity index (χ4v) is 1.99. The van der Waals surface area contributed by atoms with Crippen LogP contribution in [0.15, 0.2) is 44.0 Å². The topological polar surface area (TPSA) is 120 Å². The zero-order valence-corrected chi connectivity index (χ0v) is 11.8. The molecule has 0 unspecified atom stereocenters. The second-order valence-corrected chi connectivity index (χ2v) is 4.91. The molecule has 0 radical (unpaired) electrons. The van der Waals surface area contributed by atoms with Gasteiger partial charge in [-0.15, -0.1) is 0 Å². The van der Waals surface area contributed by atoms with Crippen molar-refractivity contribution in [2.45, 2.75) is 5.03 Å². The molecule has 10 heteroatoms. The minimum absolute atomic E-state index is 0.0381. The Hall–Kier alpha value is -2.75. The SMILES string of the molecule is O=C(CSc1n[nH]c(=O)[nH]c1=O)N/N=C/c1cccc(F)c1. The summed E-state index contributed by atoms with van der Waals surface area (Å²) < 4.78 is 12.9. The number of hydrazone groups is 1. The highest BCUT2D eigenvalue weighted by Crippen LogP contribution is 2.07. The van der Waals surface area contributed by atoms with Crippen molar-refractivity contribution in [1.82, 2.24) is 20.6 Å². The number of amides is 1. The third kappa shape index (κ3) is 4.66. The van der Waals surface area contributed by atoms with Crippen molar-refractivity contribution in [2.24, 2.45) is 5.10 Å². The van der Waals surface area contributed by atoms with Gasteiger partial charge in [0.25, 0.3) is 5.56 Å². The van der Waals surface area contributed by atoms with Gasteiger partial charge in [-0.05, 0) is 17.7 Å². The molecular weight excluding hydrogens is 313 g/mol. The fraction of sp³-hybridized carbons (Fsp3) is 0.0833. The van der Waals surface area contributed by atoms with E-state index < -0.39 is 23.0 Å². The molecule has 0 atom stereocenters. The van der Waals surface area contributed by atoms with E-state index in [1.165, 1.54) is 24.4 Å². The van der Waals surface area contributed by atoms with Crippen molar-refractivity contribution >= 4 is 23.9 Å². The Morgan fingerprint density at radius 3 is 3.00 bits per heavy atom. The first kappa shape index (κ1) is 15.6. The van der Waals surface area contributed by atoms with Crippen molar-refractivity contribution < 1.29 is 9.18 Å². The van der Waals surface area contributed by atoms with Gasteiger partial charge in [-0.3, -0.25) is 14.6 Å². The lowest BCUT2D eigenvalue weighted by Crippen LogP contribution is -2.26. The molecule has 1 aromatic heterocycles. The number of rotatable bonds is 5. The van der Waals surface area contributed by atoms with E-state index >= 15 is 0 Å². The van der Waals surface area contributed by atoms with Crippen LogP contribution in [-0.4, -0.2) is 33.1 Å². The average molecular weight is 323 g/mol. The van der Waals surface area contributed by atoms with E-state index in [-0.39, 0.29) is 10.8 Å². The lowest BCUT2D eigenvalue weighted by Gasteiger charge is -1.99. The molecule has 0 aliphatic rings. The first-order valence-electron chi connectivity index (χ1n) is 5.94. The Morgan fingerprint density at radius 2 is 2.27 bits per heavy atom. The first-order valence-corrected chi connectivity index (χ1v) is 6.92. The molecule has 0 fully saturated rings. The van der Waals surface area contributed by atoms with Gasteiger partial charge in [0, 0.05) is 0 Å². The van der Waals surface area contributed by atoms with Crippen LogP contribution in [0, 0.1) is 5.82 Å². The lowest BCUT2D eigenvalue weighted by atomic mass is 10.2. The van der Waals surface area contributed by atoms with Gasteiger partial charge in [0.1, 0.15) is 5.82 Å². The second kappa shape index (κ2) is 7.31. The normalized spacial score (nSPS) is 10.8. The number of aromatic nitrogens is 3. The van der Waals surface area contributed by atoms with Gasteiger partial charge in [0.2, 0.25) is 5.91 Å². The molecule has 1 amide bonds. The van der Waals surface area contributed by atoms with E-state index in [1.54, 1.807) is 6.07 Å². The third-order valence-corrected chi connectivity index (χ3v) is 3.23. The summed E-state index contributed by atoms with van der Waals surface area (Å²) in [6.07, 6.45) is 1.29. The molecule has 1 heterocycles. The highest BCUT2D eigenvalue weighted by atomic mass is 32.2. The largest absolute Gasteiger partial charge is 0.342 e. The van der Waals surface area contributed by atoms with Gasteiger partial charge in [0.15, 0.2) is 5.03 Å². The quantitative estimate of drug-likeness (QED) is 0.401. The molecule has 2 aromatic rings. The number of benzene rings is 1. The van der Waals surface area contributed by atoms with Crippen LogP contribution in [0.4, 0.5) is 4.39 Å². The third-order valence-electron chi connectivity index (χ3n) is 2.27. The number of aromatic amines is 2. The van der Waals surface area contributed by atoms with Crippen LogP contribution in [-0.2, 0) is 4.79 Å². The molecule has 0 aliphatic carbocycles. The number of H-pyrrole nitrogens is 2. The maximum absolute atomic E-state index is 12.9. The van der Waals surface area contributed by atoms with Gasteiger partial charge >= 0.3 is 5.69 Å². The van der Waals surface area contributed by atoms with Gasteiger partial charge in [-0.1, -0.05) is 23.9 Å². The van der Waals surface area contributed by atoms with E-state index in [0.717, 1.165) is 11.8 Å². The number of halogens is 1. The van der Waals surface area contributed by atoms with E-state index in [2.05, 4.69) is 20.7 Å². The zero-order chi connectivity index (χ0) is 15.9. The Labute approximate surface area is 126 Å². The molecule has 0 spiro atoms. The van der Waals surface area contributed by atoms with Crippen LogP contribution >= 0.6 is 11.8 Å². The fourth-order valence-electron chi connectivity index (χ4n) is 1.37. The number of nitrogens with one attached hydrogen (secondary N) is 3. The minimum atomic E-state index is -0.724. The standard InChI is InChI=1S/C12H10FN5O3S/c13-8-3-1-2-7(4-8)5-14-16-9(19)6-22-11-10(20)15-12(21)18-17-11/h1-5H,6H2,(H,16,19)(H2,15,18,20,21)/b14-5+. The van der Waals surface area contributed by atoms with Gasteiger partial charge in [-0.2, -0.15) is 10.2 Å². The van der Waals surface area contributed by atoms with Crippen molar-refractivity contribution in [1.29, 1.82) is 0 Å². The Morgan fingerprint density at radius 1 is 1.45 bits per heavy atom. The number of nitrogens with zero attached hydrogens (tertiary/aromatic N) is 2. The van der Waals surface area contributed by atoms with Crippen LogP contribution in [0.1, 0.15) is 5.56 Å². The Balaban J connectivity index is 1.85. The van der Waals surface area contributed by atoms with Gasteiger partial charge in [-0.25, -0.2) is 19.7 Å². The van der Waals surface area contributed by atoms with Crippen LogP contribution in [0.3, 0.4) is 0 Å². The van der Waals surface area contributed by atoms with Crippen LogP contribution in [0.2, 0.25) is 0 Å². The molecule has 0 saturated carbocycles. The summed E-state index contributed by atoms with van der Waals surface area (Å²) in [6.45, 7) is 0. The van der Waals surface area contributed by atoms with Gasteiger partial charge in [0.05, 0.1) is 12.0 Å². The number of thioether (sulfide) groups is 1. The number of carbonyl (C=O) groups excluding carboxylic acids is 1. The summed E-state index contributed by atoms with van der Waals surface area (Å²) >= 11 is 0.842. The number of hydrogen-bond acceptors (Lipinski definition) is 6. The maximum atomic E-state index is 12.9. The zero-order valence-electron chi connectivity index (χ0n) is 11.0. The van der Waals surface area contributed by atoms with E-state index in [4.69, 9.17) is 0 Å². The molecule has 0 saturated heterocycles. The van der Waals surface area contributed by atoms with Crippen molar-refractivity contribution in [3.63, 3.8) is 0 Å². The van der Waals surface area contributed by atoms with E-state index in [0.29, 0.717) is 5.56 Å². The molecule has 3 N–H and O–H groups in total. The molecule has 22 heavy (non-hydrogen) atoms. The highest BCUT2D eigenvalue weighted by molar-refractivity contribution is 7.99. The molecular formula is C12H10FN5O3S. The van der Waals surface area contributed by atoms with Crippen molar-refractivity contribution in [3.05, 3.63) is 56.5 Å². The summed E-state index contributed by atoms with van der Waals surface area (Å²) in [6, 6.07) is 5.69. The lowest BCUT2D eigenvalue weighted by molar-refractivity contribution is -0.118. The van der Waals surface area contributed by atoms with Crippen LogP contribution in [0.5, 0.6) is 0 Å². The number of carbonyl (C=O) groups is 1. The summed E-state index contributed by atoms with van der Waals surface area (Å²) in [5.74, 6) is -1.01. The summed E-state index contributed by atoms with van der Waals surface area (Å²) in [5.41, 5.74) is 1.32. The smallest absolute Gasteiger partial charge is 0.272 e. The summed E-state index contributed by atoms with van der Waals surface area (Å²) in [4.78, 5) is 35.6. The molecule has 0 aliphatic heterocycles. The summed E-state index contributed by atoms with van der Waals surface area (Å²) in [7, 11) is 0. The van der Waals surface area contributed by atoms with Gasteiger partial charge < -0.3 is 0 Å². The molecule has 8 nitrogen and oxygen atoms in total. The molecule has 2 rings (SSSR count). The predicted molar refractivity (Wildman–Crippen MR) is 78.3 cm³/mol. The Bertz CT molecular complexity index is 817. The van der Waals surface area contributed by atoms with E-state index in [1.807, 2.05) is 4.98 Å². The average Bonchev–Trinajstić information content (AvgIpc) is 2.46. The monoisotopic (exact) mass is 323 g/mol. The predicted octanol–water partition coefficient (Wildman–Crippen LogP) is -0.160. The van der Waals surface area contributed by atoms with E-state index in [9.17, 15) is 18.8 Å². The molecule has 0 bridgehead atoms. The molecule has 114 valence electrons. The summed E-state index contributed by atoms with van der Waals surface area (Å²) in [5, 5.41) is 9.19. The maximum Gasteiger partial charge on any atom is 0.342 e. The van der Waals surface area contributed by atoms with Crippen LogP contribution < -0.4 is 16.7 Å². The first-order chi connectivity index (χ1) is 10.5. The van der Waals surface area contributed by atoms with Crippen LogP contribution in [0.25, 0.3) is 0 Å². The molecule has 1 aromatic carbocycles. The second-order valence-electron chi connectivity index (χ2n) is 3.95. The number of hydrogen-bond donors (Lipinski definition) is 3. The minimum Gasteiger partial charge on any atom is -0.272 e. The van der Waals surface area contributed by atoms with Crippen molar-refractivity contribution in [2.75, 3.05) is 5.75 Å². The Kier molecular flexibility index (Phi) is 5.20.